The Balaban J connectivity index is 1.44. The lowest BCUT2D eigenvalue weighted by molar-refractivity contribution is -0.138. The van der Waals surface area contributed by atoms with E-state index in [2.05, 4.69) is 11.0 Å². The van der Waals surface area contributed by atoms with E-state index in [0.717, 1.165) is 44.6 Å². The molecule has 1 aromatic rings. The molecule has 0 aromatic heterocycles. The topological polar surface area (TPSA) is 66.6 Å². The van der Waals surface area contributed by atoms with Gasteiger partial charge < -0.3 is 10.6 Å². The van der Waals surface area contributed by atoms with Gasteiger partial charge in [-0.1, -0.05) is 29.8 Å². The molecule has 2 heterocycles. The van der Waals surface area contributed by atoms with Gasteiger partial charge in [0.2, 0.25) is 11.8 Å². The van der Waals surface area contributed by atoms with Crippen LogP contribution in [0.4, 0.5) is 0 Å². The molecule has 0 radical (unpaired) electrons. The van der Waals surface area contributed by atoms with E-state index in [4.69, 9.17) is 5.73 Å². The number of amides is 2. The number of nitrogens with zero attached hydrogens (tertiary/aromatic N) is 2. The van der Waals surface area contributed by atoms with Crippen LogP contribution in [0.2, 0.25) is 0 Å². The van der Waals surface area contributed by atoms with Gasteiger partial charge >= 0.3 is 0 Å². The summed E-state index contributed by atoms with van der Waals surface area (Å²) in [4.78, 5) is 27.9. The lowest BCUT2D eigenvalue weighted by Gasteiger charge is -2.47. The van der Waals surface area contributed by atoms with E-state index >= 15 is 0 Å². The van der Waals surface area contributed by atoms with Crippen LogP contribution in [0.15, 0.2) is 24.3 Å². The zero-order valence-corrected chi connectivity index (χ0v) is 13.7. The van der Waals surface area contributed by atoms with Gasteiger partial charge in [0.25, 0.3) is 0 Å². The Labute approximate surface area is 137 Å². The summed E-state index contributed by atoms with van der Waals surface area (Å²) in [5.74, 6) is 0.0671. The second-order valence-corrected chi connectivity index (χ2v) is 6.83. The number of carbonyl (C=O) groups is 2. The van der Waals surface area contributed by atoms with E-state index in [0.29, 0.717) is 12.5 Å². The first-order valence-corrected chi connectivity index (χ1v) is 8.39. The number of aryl methyl sites for hydroxylation is 1. The van der Waals surface area contributed by atoms with Gasteiger partial charge in [0.1, 0.15) is 0 Å². The van der Waals surface area contributed by atoms with Crippen molar-refractivity contribution in [3.05, 3.63) is 35.4 Å². The summed E-state index contributed by atoms with van der Waals surface area (Å²) < 4.78 is 0. The molecule has 2 amide bonds. The number of nitrogens with two attached hydrogens (primary N) is 1. The average Bonchev–Trinajstić information content (AvgIpc) is 2.46. The van der Waals surface area contributed by atoms with Crippen LogP contribution in [0, 0.1) is 12.8 Å². The van der Waals surface area contributed by atoms with Gasteiger partial charge in [-0.2, -0.15) is 0 Å². The maximum absolute atomic E-state index is 12.3. The quantitative estimate of drug-likeness (QED) is 0.899. The summed E-state index contributed by atoms with van der Waals surface area (Å²) in [6.45, 7) is 5.50. The van der Waals surface area contributed by atoms with Gasteiger partial charge in [0.05, 0.1) is 6.42 Å². The fraction of sp³-hybridized carbons (Fsp3) is 0.556. The summed E-state index contributed by atoms with van der Waals surface area (Å²) in [6, 6.07) is 8.58. The molecule has 0 aliphatic carbocycles. The molecule has 1 aromatic carbocycles. The zero-order valence-electron chi connectivity index (χ0n) is 13.7. The first-order chi connectivity index (χ1) is 11.0. The number of likely N-dealkylation sites (tertiary alicyclic amines) is 2. The summed E-state index contributed by atoms with van der Waals surface area (Å²) in [5, 5.41) is 0. The summed E-state index contributed by atoms with van der Waals surface area (Å²) in [5.41, 5.74) is 7.64. The molecule has 2 fully saturated rings. The van der Waals surface area contributed by atoms with Crippen molar-refractivity contribution in [1.29, 1.82) is 0 Å². The molecule has 0 bridgehead atoms. The summed E-state index contributed by atoms with van der Waals surface area (Å²) >= 11 is 0. The highest BCUT2D eigenvalue weighted by Crippen LogP contribution is 2.23. The van der Waals surface area contributed by atoms with E-state index < -0.39 is 0 Å². The Hall–Kier alpha value is -1.88. The number of carbonyl (C=O) groups excluding carboxylic acids is 2. The van der Waals surface area contributed by atoms with Crippen molar-refractivity contribution in [1.82, 2.24) is 9.80 Å². The normalized spacial score (nSPS) is 20.3. The predicted molar refractivity (Wildman–Crippen MR) is 88.7 cm³/mol. The molecule has 2 aliphatic heterocycles. The minimum atomic E-state index is -0.173. The van der Waals surface area contributed by atoms with Crippen molar-refractivity contribution in [3.8, 4) is 0 Å². The minimum absolute atomic E-state index is 0.0328. The minimum Gasteiger partial charge on any atom is -0.369 e. The zero-order chi connectivity index (χ0) is 16.4. The molecule has 0 spiro atoms. The van der Waals surface area contributed by atoms with Gasteiger partial charge in [-0.15, -0.1) is 0 Å². The molecule has 5 heteroatoms. The molecule has 2 aliphatic rings. The van der Waals surface area contributed by atoms with Crippen LogP contribution in [0.1, 0.15) is 24.0 Å². The van der Waals surface area contributed by atoms with Crippen LogP contribution in [-0.2, 0) is 16.0 Å². The predicted octanol–water partition coefficient (Wildman–Crippen LogP) is 0.946. The maximum Gasteiger partial charge on any atom is 0.227 e. The third-order valence-electron chi connectivity index (χ3n) is 5.10. The Morgan fingerprint density at radius 3 is 2.52 bits per heavy atom. The molecule has 0 unspecified atom stereocenters. The van der Waals surface area contributed by atoms with Crippen molar-refractivity contribution in [2.75, 3.05) is 26.2 Å². The highest BCUT2D eigenvalue weighted by molar-refractivity contribution is 5.79. The number of hydrogen-bond acceptors (Lipinski definition) is 3. The standard InChI is InChI=1S/C18H25N3O2/c1-13-3-2-4-14(9-13)10-17(22)21-11-16(12-21)20-7-5-15(6-8-20)18(19)23/h2-4,9,15-16H,5-8,10-12H2,1H3,(H2,19,23). The molecule has 23 heavy (non-hydrogen) atoms. The Morgan fingerprint density at radius 2 is 1.91 bits per heavy atom. The Morgan fingerprint density at radius 1 is 1.22 bits per heavy atom. The van der Waals surface area contributed by atoms with Crippen molar-refractivity contribution in [2.24, 2.45) is 11.7 Å². The highest BCUT2D eigenvalue weighted by Gasteiger charge is 2.36. The Kier molecular flexibility index (Phi) is 4.66. The van der Waals surface area contributed by atoms with Crippen molar-refractivity contribution >= 4 is 11.8 Å². The van der Waals surface area contributed by atoms with Crippen LogP contribution >= 0.6 is 0 Å². The first-order valence-electron chi connectivity index (χ1n) is 8.39. The van der Waals surface area contributed by atoms with Crippen molar-refractivity contribution in [3.63, 3.8) is 0 Å². The van der Waals surface area contributed by atoms with Crippen LogP contribution < -0.4 is 5.73 Å². The molecule has 5 nitrogen and oxygen atoms in total. The lowest BCUT2D eigenvalue weighted by Crippen LogP contribution is -2.62. The van der Waals surface area contributed by atoms with Crippen LogP contribution in [0.5, 0.6) is 0 Å². The molecule has 124 valence electrons. The number of hydrogen-bond donors (Lipinski definition) is 1. The van der Waals surface area contributed by atoms with Crippen molar-refractivity contribution in [2.45, 2.75) is 32.2 Å². The lowest BCUT2D eigenvalue weighted by atomic mass is 9.93. The second-order valence-electron chi connectivity index (χ2n) is 6.83. The number of piperidine rings is 1. The molecule has 3 rings (SSSR count). The van der Waals surface area contributed by atoms with Crippen LogP contribution in [-0.4, -0.2) is 53.8 Å². The van der Waals surface area contributed by atoms with E-state index in [1.165, 1.54) is 5.56 Å². The molecular formula is C18H25N3O2. The number of benzene rings is 1. The fourth-order valence-electron chi connectivity index (χ4n) is 3.55. The second kappa shape index (κ2) is 6.71. The monoisotopic (exact) mass is 315 g/mol. The highest BCUT2D eigenvalue weighted by atomic mass is 16.2. The molecule has 2 N–H and O–H groups in total. The van der Waals surface area contributed by atoms with Gasteiger partial charge in [0.15, 0.2) is 0 Å². The Bertz CT molecular complexity index is 588. The molecule has 0 atom stereocenters. The van der Waals surface area contributed by atoms with Gasteiger partial charge in [-0.05, 0) is 38.4 Å². The van der Waals surface area contributed by atoms with E-state index in [1.807, 2.05) is 30.0 Å². The average molecular weight is 315 g/mol. The summed E-state index contributed by atoms with van der Waals surface area (Å²) in [7, 11) is 0. The van der Waals surface area contributed by atoms with Gasteiger partial charge in [-0.25, -0.2) is 0 Å². The molecular weight excluding hydrogens is 290 g/mol. The maximum atomic E-state index is 12.3. The van der Waals surface area contributed by atoms with E-state index in [9.17, 15) is 9.59 Å². The third-order valence-corrected chi connectivity index (χ3v) is 5.10. The molecule has 0 saturated carbocycles. The smallest absolute Gasteiger partial charge is 0.227 e. The van der Waals surface area contributed by atoms with E-state index in [1.54, 1.807) is 0 Å². The third kappa shape index (κ3) is 3.72. The first kappa shape index (κ1) is 16.0. The summed E-state index contributed by atoms with van der Waals surface area (Å²) in [6.07, 6.45) is 2.18. The van der Waals surface area contributed by atoms with Gasteiger partial charge in [-0.3, -0.25) is 14.5 Å². The molecule has 2 saturated heterocycles. The van der Waals surface area contributed by atoms with Crippen LogP contribution in [0.25, 0.3) is 0 Å². The number of primary amides is 1. The van der Waals surface area contributed by atoms with Crippen LogP contribution in [0.3, 0.4) is 0 Å². The van der Waals surface area contributed by atoms with E-state index in [-0.39, 0.29) is 17.7 Å². The van der Waals surface area contributed by atoms with Gasteiger partial charge in [0, 0.05) is 25.0 Å². The fourth-order valence-corrected chi connectivity index (χ4v) is 3.55. The largest absolute Gasteiger partial charge is 0.369 e. The number of rotatable bonds is 4. The van der Waals surface area contributed by atoms with Crippen molar-refractivity contribution < 1.29 is 9.59 Å². The SMILES string of the molecule is Cc1cccc(CC(=O)N2CC(N3CCC(C(N)=O)CC3)C2)c1.